The van der Waals surface area contributed by atoms with Gasteiger partial charge in [0.25, 0.3) is 0 Å². The van der Waals surface area contributed by atoms with Crippen LogP contribution in [0.1, 0.15) is 17.5 Å². The highest BCUT2D eigenvalue weighted by molar-refractivity contribution is 6.30. The van der Waals surface area contributed by atoms with Crippen molar-refractivity contribution >= 4 is 11.6 Å². The second-order valence-corrected chi connectivity index (χ2v) is 7.39. The van der Waals surface area contributed by atoms with Gasteiger partial charge in [0.1, 0.15) is 5.75 Å². The molecule has 5 heteroatoms. The third kappa shape index (κ3) is 3.88. The van der Waals surface area contributed by atoms with Crippen molar-refractivity contribution in [3.63, 3.8) is 0 Å². The first kappa shape index (κ1) is 17.4. The van der Waals surface area contributed by atoms with Crippen LogP contribution in [0.5, 0.6) is 5.75 Å². The van der Waals surface area contributed by atoms with Crippen LogP contribution in [-0.4, -0.2) is 36.7 Å². The monoisotopic (exact) mass is 369 g/mol. The van der Waals surface area contributed by atoms with Gasteiger partial charge in [-0.2, -0.15) is 0 Å². The van der Waals surface area contributed by atoms with Gasteiger partial charge < -0.3 is 10.2 Å². The van der Waals surface area contributed by atoms with E-state index in [-0.39, 0.29) is 0 Å². The molecule has 2 aromatic carbocycles. The van der Waals surface area contributed by atoms with Crippen LogP contribution >= 0.6 is 11.6 Å². The Balaban J connectivity index is 1.37. The molecule has 0 saturated heterocycles. The third-order valence-electron chi connectivity index (χ3n) is 5.06. The highest BCUT2D eigenvalue weighted by Crippen LogP contribution is 2.26. The summed E-state index contributed by atoms with van der Waals surface area (Å²) in [7, 11) is 1.73. The van der Waals surface area contributed by atoms with Crippen LogP contribution in [0.2, 0.25) is 5.02 Å². The fraction of sp³-hybridized carbons (Fsp3) is 0.333. The molecule has 0 bridgehead atoms. The summed E-state index contributed by atoms with van der Waals surface area (Å²) in [5.41, 5.74) is 8.97. The van der Waals surface area contributed by atoms with Gasteiger partial charge in [-0.05, 0) is 35.8 Å². The summed E-state index contributed by atoms with van der Waals surface area (Å²) in [6, 6.07) is 16.4. The van der Waals surface area contributed by atoms with E-state index in [9.17, 15) is 0 Å². The van der Waals surface area contributed by atoms with E-state index in [1.807, 2.05) is 24.3 Å². The van der Waals surface area contributed by atoms with Crippen molar-refractivity contribution in [1.82, 2.24) is 15.3 Å². The molecule has 4 nitrogen and oxygen atoms in total. The Morgan fingerprint density at radius 3 is 2.81 bits per heavy atom. The number of halogens is 1. The van der Waals surface area contributed by atoms with E-state index in [2.05, 4.69) is 39.6 Å². The Bertz CT molecular complexity index is 820. The van der Waals surface area contributed by atoms with Gasteiger partial charge in [-0.1, -0.05) is 41.9 Å². The standard InChI is InChI=1S/C21H24ClN3O/c1-26-21-8-3-2-6-18(21)14-25-13-17-9-10-24(15-20(17)23-25)12-16-5-4-7-19(22)11-16/h2-8,11,23H,9-10,12-15H2,1H3. The Morgan fingerprint density at radius 1 is 1.08 bits per heavy atom. The van der Waals surface area contributed by atoms with Gasteiger partial charge in [0.2, 0.25) is 0 Å². The molecule has 0 aromatic heterocycles. The van der Waals surface area contributed by atoms with Crippen LogP contribution < -0.4 is 10.2 Å². The maximum absolute atomic E-state index is 6.12. The first-order chi connectivity index (χ1) is 12.7. The Labute approximate surface area is 160 Å². The summed E-state index contributed by atoms with van der Waals surface area (Å²) >= 11 is 6.12. The SMILES string of the molecule is COc1ccccc1CN1CC2=C(CN(Cc3cccc(Cl)c3)CC2)N1. The molecule has 2 heterocycles. The number of hydrogen-bond acceptors (Lipinski definition) is 4. The summed E-state index contributed by atoms with van der Waals surface area (Å²) in [5.74, 6) is 0.946. The van der Waals surface area contributed by atoms with E-state index in [0.29, 0.717) is 0 Å². The number of para-hydroxylation sites is 1. The number of methoxy groups -OCH3 is 1. The zero-order chi connectivity index (χ0) is 17.9. The first-order valence-corrected chi connectivity index (χ1v) is 9.40. The molecular formula is C21H24ClN3O. The van der Waals surface area contributed by atoms with Crippen molar-refractivity contribution in [3.05, 3.63) is 76.0 Å². The Kier molecular flexibility index (Phi) is 5.16. The number of rotatable bonds is 5. The first-order valence-electron chi connectivity index (χ1n) is 9.02. The lowest BCUT2D eigenvalue weighted by molar-refractivity contribution is 0.231. The van der Waals surface area contributed by atoms with Crippen LogP contribution in [0, 0.1) is 0 Å². The number of hydrogen-bond donors (Lipinski definition) is 1. The van der Waals surface area contributed by atoms with Crippen LogP contribution in [0.3, 0.4) is 0 Å². The zero-order valence-electron chi connectivity index (χ0n) is 15.0. The molecule has 4 rings (SSSR count). The molecule has 2 aliphatic heterocycles. The van der Waals surface area contributed by atoms with E-state index in [4.69, 9.17) is 16.3 Å². The second kappa shape index (κ2) is 7.70. The van der Waals surface area contributed by atoms with Crippen molar-refractivity contribution in [1.29, 1.82) is 0 Å². The second-order valence-electron chi connectivity index (χ2n) is 6.95. The average molecular weight is 370 g/mol. The normalized spacial score (nSPS) is 17.9. The molecule has 0 amide bonds. The average Bonchev–Trinajstić information content (AvgIpc) is 3.04. The molecule has 0 radical (unpaired) electrons. The molecular weight excluding hydrogens is 346 g/mol. The zero-order valence-corrected chi connectivity index (χ0v) is 15.8. The largest absolute Gasteiger partial charge is 0.496 e. The number of nitrogens with zero attached hydrogens (tertiary/aromatic N) is 2. The third-order valence-corrected chi connectivity index (χ3v) is 5.30. The molecule has 0 aliphatic carbocycles. The van der Waals surface area contributed by atoms with Crippen LogP contribution in [0.25, 0.3) is 0 Å². The number of nitrogens with one attached hydrogen (secondary N) is 1. The van der Waals surface area contributed by atoms with Crippen molar-refractivity contribution in [2.75, 3.05) is 26.7 Å². The van der Waals surface area contributed by atoms with Gasteiger partial charge in [-0.15, -0.1) is 0 Å². The molecule has 2 aromatic rings. The number of hydrazine groups is 1. The topological polar surface area (TPSA) is 27.7 Å². The molecule has 136 valence electrons. The molecule has 0 spiro atoms. The van der Waals surface area contributed by atoms with Crippen molar-refractivity contribution in [2.45, 2.75) is 19.5 Å². The summed E-state index contributed by atoms with van der Waals surface area (Å²) < 4.78 is 5.48. The minimum atomic E-state index is 0.807. The van der Waals surface area contributed by atoms with E-state index in [1.165, 1.54) is 22.4 Å². The molecule has 26 heavy (non-hydrogen) atoms. The molecule has 0 saturated carbocycles. The van der Waals surface area contributed by atoms with E-state index >= 15 is 0 Å². The quantitative estimate of drug-likeness (QED) is 0.866. The van der Waals surface area contributed by atoms with Crippen molar-refractivity contribution in [3.8, 4) is 5.75 Å². The number of ether oxygens (including phenoxy) is 1. The molecule has 1 N–H and O–H groups in total. The van der Waals surface area contributed by atoms with Crippen molar-refractivity contribution < 1.29 is 4.74 Å². The minimum absolute atomic E-state index is 0.807. The number of benzene rings is 2. The Hall–Kier alpha value is -2.01. The van der Waals surface area contributed by atoms with Gasteiger partial charge in [0, 0.05) is 49.0 Å². The lowest BCUT2D eigenvalue weighted by Gasteiger charge is -2.28. The lowest BCUT2D eigenvalue weighted by atomic mass is 10.1. The minimum Gasteiger partial charge on any atom is -0.496 e. The highest BCUT2D eigenvalue weighted by Gasteiger charge is 2.27. The summed E-state index contributed by atoms with van der Waals surface area (Å²) in [5, 5.41) is 3.09. The maximum Gasteiger partial charge on any atom is 0.123 e. The van der Waals surface area contributed by atoms with Crippen LogP contribution in [0.15, 0.2) is 59.8 Å². The fourth-order valence-electron chi connectivity index (χ4n) is 3.77. The van der Waals surface area contributed by atoms with E-state index < -0.39 is 0 Å². The fourth-order valence-corrected chi connectivity index (χ4v) is 3.98. The molecule has 0 atom stereocenters. The summed E-state index contributed by atoms with van der Waals surface area (Å²) in [6.45, 7) is 4.81. The Morgan fingerprint density at radius 2 is 1.96 bits per heavy atom. The predicted octanol–water partition coefficient (Wildman–Crippen LogP) is 3.83. The van der Waals surface area contributed by atoms with Gasteiger partial charge >= 0.3 is 0 Å². The van der Waals surface area contributed by atoms with Gasteiger partial charge in [0.15, 0.2) is 0 Å². The van der Waals surface area contributed by atoms with Gasteiger partial charge in [-0.25, -0.2) is 5.01 Å². The maximum atomic E-state index is 6.12. The summed E-state index contributed by atoms with van der Waals surface area (Å²) in [4.78, 5) is 2.48. The lowest BCUT2D eigenvalue weighted by Crippen LogP contribution is -2.36. The van der Waals surface area contributed by atoms with Gasteiger partial charge in [-0.3, -0.25) is 4.90 Å². The van der Waals surface area contributed by atoms with E-state index in [0.717, 1.165) is 49.9 Å². The van der Waals surface area contributed by atoms with Crippen LogP contribution in [0.4, 0.5) is 0 Å². The highest BCUT2D eigenvalue weighted by atomic mass is 35.5. The van der Waals surface area contributed by atoms with Crippen molar-refractivity contribution in [2.24, 2.45) is 0 Å². The summed E-state index contributed by atoms with van der Waals surface area (Å²) in [6.07, 6.45) is 1.12. The molecule has 2 aliphatic rings. The molecule has 0 unspecified atom stereocenters. The smallest absolute Gasteiger partial charge is 0.123 e. The molecule has 0 fully saturated rings. The van der Waals surface area contributed by atoms with Crippen LogP contribution in [-0.2, 0) is 13.1 Å². The van der Waals surface area contributed by atoms with Gasteiger partial charge in [0.05, 0.1) is 7.11 Å². The van der Waals surface area contributed by atoms with E-state index in [1.54, 1.807) is 7.11 Å². The predicted molar refractivity (Wildman–Crippen MR) is 105 cm³/mol.